The maximum Gasteiger partial charge on any atom is 0.169 e. The van der Waals surface area contributed by atoms with Crippen LogP contribution in [-0.2, 0) is 0 Å². The first kappa shape index (κ1) is 14.7. The number of nitrogens with one attached hydrogen (secondary N) is 2. The van der Waals surface area contributed by atoms with Gasteiger partial charge >= 0.3 is 0 Å². The van der Waals surface area contributed by atoms with Crippen molar-refractivity contribution in [1.82, 2.24) is 4.98 Å². The number of aryl methyl sites for hydroxylation is 2. The Balaban J connectivity index is 2.45. The van der Waals surface area contributed by atoms with E-state index in [-0.39, 0.29) is 11.6 Å². The fourth-order valence-electron chi connectivity index (χ4n) is 1.96. The third-order valence-corrected chi connectivity index (χ3v) is 3.37. The van der Waals surface area contributed by atoms with Crippen LogP contribution in [0.2, 0.25) is 0 Å². The molecular formula is C14H14BrF2N3. The van der Waals surface area contributed by atoms with Gasteiger partial charge in [-0.15, -0.1) is 0 Å². The van der Waals surface area contributed by atoms with Gasteiger partial charge in [0, 0.05) is 23.3 Å². The van der Waals surface area contributed by atoms with E-state index in [9.17, 15) is 8.78 Å². The van der Waals surface area contributed by atoms with Gasteiger partial charge in [-0.1, -0.05) is 15.9 Å². The van der Waals surface area contributed by atoms with E-state index in [1.54, 1.807) is 0 Å². The summed E-state index contributed by atoms with van der Waals surface area (Å²) in [5, 5.41) is 5.51. The van der Waals surface area contributed by atoms with E-state index >= 15 is 0 Å². The second-order valence-electron chi connectivity index (χ2n) is 4.44. The molecule has 2 N–H and O–H groups in total. The Morgan fingerprint density at radius 2 is 1.55 bits per heavy atom. The highest BCUT2D eigenvalue weighted by molar-refractivity contribution is 9.10. The van der Waals surface area contributed by atoms with Crippen molar-refractivity contribution in [3.05, 3.63) is 45.4 Å². The third kappa shape index (κ3) is 2.90. The SMILES string of the molecule is CNc1nc(Nc2c(C)cc(Br)cc2C)c(F)cc1F. The lowest BCUT2D eigenvalue weighted by molar-refractivity contribution is 0.580. The van der Waals surface area contributed by atoms with Crippen LogP contribution in [0.1, 0.15) is 11.1 Å². The van der Waals surface area contributed by atoms with Gasteiger partial charge in [0.05, 0.1) is 0 Å². The van der Waals surface area contributed by atoms with Crippen LogP contribution < -0.4 is 10.6 Å². The molecule has 0 amide bonds. The van der Waals surface area contributed by atoms with E-state index in [1.807, 2.05) is 26.0 Å². The summed E-state index contributed by atoms with van der Waals surface area (Å²) < 4.78 is 28.1. The summed E-state index contributed by atoms with van der Waals surface area (Å²) in [4.78, 5) is 3.91. The zero-order chi connectivity index (χ0) is 14.9. The number of hydrogen-bond acceptors (Lipinski definition) is 3. The average molecular weight is 342 g/mol. The van der Waals surface area contributed by atoms with Gasteiger partial charge in [0.1, 0.15) is 0 Å². The van der Waals surface area contributed by atoms with E-state index in [2.05, 4.69) is 31.5 Å². The van der Waals surface area contributed by atoms with Crippen LogP contribution >= 0.6 is 15.9 Å². The van der Waals surface area contributed by atoms with Crippen LogP contribution in [0.15, 0.2) is 22.7 Å². The predicted octanol–water partition coefficient (Wildman–Crippen LogP) is 4.52. The molecule has 1 aromatic heterocycles. The number of hydrogen-bond donors (Lipinski definition) is 2. The molecule has 0 spiro atoms. The molecule has 6 heteroatoms. The van der Waals surface area contributed by atoms with Crippen molar-refractivity contribution in [3.8, 4) is 0 Å². The summed E-state index contributed by atoms with van der Waals surface area (Å²) in [6.07, 6.45) is 0. The second-order valence-corrected chi connectivity index (χ2v) is 5.35. The number of nitrogens with zero attached hydrogens (tertiary/aromatic N) is 1. The van der Waals surface area contributed by atoms with Crippen LogP contribution in [0.4, 0.5) is 26.1 Å². The fourth-order valence-corrected chi connectivity index (χ4v) is 2.64. The first-order chi connectivity index (χ1) is 9.42. The topological polar surface area (TPSA) is 37.0 Å². The summed E-state index contributed by atoms with van der Waals surface area (Å²) >= 11 is 3.40. The Kier molecular flexibility index (Phi) is 4.23. The Bertz CT molecular complexity index is 636. The lowest BCUT2D eigenvalue weighted by Crippen LogP contribution is -2.05. The van der Waals surface area contributed by atoms with Gasteiger partial charge in [0.2, 0.25) is 0 Å². The van der Waals surface area contributed by atoms with Gasteiger partial charge in [-0.25, -0.2) is 13.8 Å². The molecule has 0 atom stereocenters. The Labute approximate surface area is 124 Å². The molecule has 0 aliphatic carbocycles. The molecule has 0 aliphatic heterocycles. The van der Waals surface area contributed by atoms with Crippen LogP contribution in [0.3, 0.4) is 0 Å². The van der Waals surface area contributed by atoms with Crippen molar-refractivity contribution in [2.75, 3.05) is 17.7 Å². The number of benzene rings is 1. The predicted molar refractivity (Wildman–Crippen MR) is 80.6 cm³/mol. The van der Waals surface area contributed by atoms with Crippen molar-refractivity contribution < 1.29 is 8.78 Å². The average Bonchev–Trinajstić information content (AvgIpc) is 2.35. The fraction of sp³-hybridized carbons (Fsp3) is 0.214. The number of halogens is 3. The smallest absolute Gasteiger partial charge is 0.169 e. The number of rotatable bonds is 3. The summed E-state index contributed by atoms with van der Waals surface area (Å²) in [7, 11) is 1.53. The highest BCUT2D eigenvalue weighted by Gasteiger charge is 2.13. The maximum atomic E-state index is 13.8. The minimum absolute atomic E-state index is 0.00122. The van der Waals surface area contributed by atoms with Crippen LogP contribution in [0, 0.1) is 25.5 Å². The van der Waals surface area contributed by atoms with Crippen LogP contribution in [0.5, 0.6) is 0 Å². The van der Waals surface area contributed by atoms with Gasteiger partial charge in [0.15, 0.2) is 23.3 Å². The molecule has 0 saturated carbocycles. The Morgan fingerprint density at radius 3 is 2.10 bits per heavy atom. The second kappa shape index (κ2) is 5.75. The minimum atomic E-state index is -0.733. The van der Waals surface area contributed by atoms with E-state index in [1.165, 1.54) is 7.05 Å². The zero-order valence-electron chi connectivity index (χ0n) is 11.3. The number of pyridine rings is 1. The molecule has 0 unspecified atom stereocenters. The van der Waals surface area contributed by atoms with E-state index in [4.69, 9.17) is 0 Å². The molecule has 0 fully saturated rings. The minimum Gasteiger partial charge on any atom is -0.371 e. The van der Waals surface area contributed by atoms with E-state index in [0.717, 1.165) is 27.4 Å². The van der Waals surface area contributed by atoms with Crippen molar-refractivity contribution in [3.63, 3.8) is 0 Å². The van der Waals surface area contributed by atoms with E-state index in [0.29, 0.717) is 0 Å². The lowest BCUT2D eigenvalue weighted by Gasteiger charge is -2.14. The van der Waals surface area contributed by atoms with Crippen LogP contribution in [-0.4, -0.2) is 12.0 Å². The first-order valence-electron chi connectivity index (χ1n) is 6.00. The molecule has 2 rings (SSSR count). The molecule has 106 valence electrons. The van der Waals surface area contributed by atoms with Crippen LogP contribution in [0.25, 0.3) is 0 Å². The molecule has 3 nitrogen and oxygen atoms in total. The maximum absolute atomic E-state index is 13.8. The molecule has 0 aliphatic rings. The van der Waals surface area contributed by atoms with Crippen molar-refractivity contribution in [1.29, 1.82) is 0 Å². The number of anilines is 3. The monoisotopic (exact) mass is 341 g/mol. The molecule has 0 radical (unpaired) electrons. The quantitative estimate of drug-likeness (QED) is 0.861. The normalized spacial score (nSPS) is 10.5. The third-order valence-electron chi connectivity index (χ3n) is 2.91. The molecule has 1 aromatic carbocycles. The Morgan fingerprint density at radius 1 is 1.00 bits per heavy atom. The molecule has 1 heterocycles. The molecule has 20 heavy (non-hydrogen) atoms. The lowest BCUT2D eigenvalue weighted by atomic mass is 10.1. The largest absolute Gasteiger partial charge is 0.371 e. The highest BCUT2D eigenvalue weighted by Crippen LogP contribution is 2.29. The number of aromatic nitrogens is 1. The van der Waals surface area contributed by atoms with Crippen molar-refractivity contribution in [2.45, 2.75) is 13.8 Å². The standard InChI is InChI=1S/C14H14BrF2N3/c1-7-4-9(15)5-8(2)12(7)19-14-11(17)6-10(16)13(18-3)20-14/h4-6H,1-3H3,(H2,18,19,20). The highest BCUT2D eigenvalue weighted by atomic mass is 79.9. The molecular weight excluding hydrogens is 328 g/mol. The first-order valence-corrected chi connectivity index (χ1v) is 6.79. The zero-order valence-corrected chi connectivity index (χ0v) is 12.9. The molecule has 0 bridgehead atoms. The van der Waals surface area contributed by atoms with Crippen molar-refractivity contribution >= 4 is 33.3 Å². The van der Waals surface area contributed by atoms with Gasteiger partial charge in [0.25, 0.3) is 0 Å². The molecule has 0 saturated heterocycles. The van der Waals surface area contributed by atoms with Gasteiger partial charge in [-0.2, -0.15) is 0 Å². The van der Waals surface area contributed by atoms with E-state index < -0.39 is 11.6 Å². The van der Waals surface area contributed by atoms with Crippen molar-refractivity contribution in [2.24, 2.45) is 0 Å². The summed E-state index contributed by atoms with van der Waals surface area (Å²) in [6.45, 7) is 3.81. The summed E-state index contributed by atoms with van der Waals surface area (Å²) in [5.41, 5.74) is 2.63. The van der Waals surface area contributed by atoms with Gasteiger partial charge in [-0.05, 0) is 37.1 Å². The van der Waals surface area contributed by atoms with Gasteiger partial charge < -0.3 is 10.6 Å². The molecule has 2 aromatic rings. The summed E-state index contributed by atoms with van der Waals surface area (Å²) in [5.74, 6) is -1.46. The summed E-state index contributed by atoms with van der Waals surface area (Å²) in [6, 6.07) is 4.64. The van der Waals surface area contributed by atoms with Gasteiger partial charge in [-0.3, -0.25) is 0 Å². The Hall–Kier alpha value is -1.69.